The first-order valence-electron chi connectivity index (χ1n) is 8.69. The number of hydrogen-bond acceptors (Lipinski definition) is 5. The molecule has 7 heteroatoms. The molecule has 2 fully saturated rings. The molecule has 1 aromatic heterocycles. The van der Waals surface area contributed by atoms with Crippen LogP contribution in [0.1, 0.15) is 22.5 Å². The van der Waals surface area contributed by atoms with Crippen LogP contribution in [-0.2, 0) is 4.79 Å². The normalized spacial score (nSPS) is 22.4. The number of benzene rings is 1. The van der Waals surface area contributed by atoms with Crippen LogP contribution in [0.4, 0.5) is 0 Å². The quantitative estimate of drug-likeness (QED) is 0.873. The lowest BCUT2D eigenvalue weighted by atomic mass is 9.92. The first-order chi connectivity index (χ1) is 12.6. The van der Waals surface area contributed by atoms with Gasteiger partial charge in [-0.2, -0.15) is 0 Å². The minimum absolute atomic E-state index is 0.0884. The summed E-state index contributed by atoms with van der Waals surface area (Å²) in [7, 11) is 1.62. The highest BCUT2D eigenvalue weighted by atomic mass is 32.1. The number of rotatable bonds is 5. The van der Waals surface area contributed by atoms with Gasteiger partial charge in [0.25, 0.3) is 5.91 Å². The number of nitrogens with zero attached hydrogens (tertiary/aromatic N) is 2. The largest absolute Gasteiger partial charge is 0.497 e. The SMILES string of the molecule is COc1ccc(-c2ncc(C(=O)N3C[C@H](C(=O)O)[C@@H](C4CC4)C3)s2)cc1. The van der Waals surface area contributed by atoms with Crippen molar-refractivity contribution in [3.05, 3.63) is 35.3 Å². The molecular weight excluding hydrogens is 352 g/mol. The van der Waals surface area contributed by atoms with Crippen LogP contribution in [0.15, 0.2) is 30.5 Å². The maximum atomic E-state index is 12.8. The minimum atomic E-state index is -0.791. The molecule has 1 N–H and O–H groups in total. The average Bonchev–Trinajstić information content (AvgIpc) is 3.21. The second-order valence-electron chi connectivity index (χ2n) is 6.91. The lowest BCUT2D eigenvalue weighted by Gasteiger charge is -2.14. The fourth-order valence-electron chi connectivity index (χ4n) is 3.65. The fourth-order valence-corrected chi connectivity index (χ4v) is 4.54. The van der Waals surface area contributed by atoms with Crippen molar-refractivity contribution >= 4 is 23.2 Å². The van der Waals surface area contributed by atoms with Crippen LogP contribution >= 0.6 is 11.3 Å². The highest BCUT2D eigenvalue weighted by Crippen LogP contribution is 2.44. The second-order valence-corrected chi connectivity index (χ2v) is 7.94. The third-order valence-electron chi connectivity index (χ3n) is 5.25. The molecule has 2 aliphatic rings. The van der Waals surface area contributed by atoms with Gasteiger partial charge in [0.1, 0.15) is 15.6 Å². The molecule has 2 atom stereocenters. The summed E-state index contributed by atoms with van der Waals surface area (Å²) in [4.78, 5) is 31.0. The topological polar surface area (TPSA) is 79.7 Å². The molecule has 1 aromatic carbocycles. The van der Waals surface area contributed by atoms with Crippen molar-refractivity contribution in [1.82, 2.24) is 9.88 Å². The van der Waals surface area contributed by atoms with Crippen LogP contribution in [0, 0.1) is 17.8 Å². The van der Waals surface area contributed by atoms with Gasteiger partial charge in [-0.05, 0) is 48.9 Å². The van der Waals surface area contributed by atoms with Crippen molar-refractivity contribution < 1.29 is 19.4 Å². The lowest BCUT2D eigenvalue weighted by Crippen LogP contribution is -2.29. The maximum Gasteiger partial charge on any atom is 0.308 e. The molecule has 0 unspecified atom stereocenters. The van der Waals surface area contributed by atoms with Gasteiger partial charge >= 0.3 is 5.97 Å². The average molecular weight is 372 g/mol. The Balaban J connectivity index is 1.50. The number of aliphatic carboxylic acids is 1. The number of carbonyl (C=O) groups excluding carboxylic acids is 1. The number of likely N-dealkylation sites (tertiary alicyclic amines) is 1. The molecule has 26 heavy (non-hydrogen) atoms. The van der Waals surface area contributed by atoms with Gasteiger partial charge < -0.3 is 14.7 Å². The van der Waals surface area contributed by atoms with Gasteiger partial charge in [0.05, 0.1) is 19.2 Å². The lowest BCUT2D eigenvalue weighted by molar-refractivity contribution is -0.142. The summed E-state index contributed by atoms with van der Waals surface area (Å²) in [6.07, 6.45) is 3.75. The molecule has 1 amide bonds. The Morgan fingerprint density at radius 3 is 2.58 bits per heavy atom. The van der Waals surface area contributed by atoms with Crippen molar-refractivity contribution in [3.63, 3.8) is 0 Å². The summed E-state index contributed by atoms with van der Waals surface area (Å²) in [6.45, 7) is 0.835. The van der Waals surface area contributed by atoms with Crippen molar-refractivity contribution in [3.8, 4) is 16.3 Å². The third kappa shape index (κ3) is 3.19. The van der Waals surface area contributed by atoms with Crippen molar-refractivity contribution in [1.29, 1.82) is 0 Å². The predicted molar refractivity (Wildman–Crippen MR) is 97.3 cm³/mol. The van der Waals surface area contributed by atoms with E-state index in [-0.39, 0.29) is 11.8 Å². The molecular formula is C19H20N2O4S. The molecule has 4 rings (SSSR count). The monoisotopic (exact) mass is 372 g/mol. The summed E-state index contributed by atoms with van der Waals surface area (Å²) >= 11 is 1.34. The summed E-state index contributed by atoms with van der Waals surface area (Å²) < 4.78 is 5.15. The van der Waals surface area contributed by atoms with E-state index in [2.05, 4.69) is 4.98 Å². The van der Waals surface area contributed by atoms with E-state index in [1.54, 1.807) is 18.2 Å². The summed E-state index contributed by atoms with van der Waals surface area (Å²) in [6, 6.07) is 7.53. The number of aromatic nitrogens is 1. The molecule has 1 aliphatic carbocycles. The predicted octanol–water partition coefficient (Wildman–Crippen LogP) is 3.00. The highest BCUT2D eigenvalue weighted by molar-refractivity contribution is 7.16. The summed E-state index contributed by atoms with van der Waals surface area (Å²) in [5, 5.41) is 10.2. The number of thiazole rings is 1. The molecule has 6 nitrogen and oxygen atoms in total. The van der Waals surface area contributed by atoms with Crippen molar-refractivity contribution in [2.75, 3.05) is 20.2 Å². The van der Waals surface area contributed by atoms with E-state index in [4.69, 9.17) is 4.74 Å². The van der Waals surface area contributed by atoms with E-state index in [0.29, 0.717) is 23.9 Å². The molecule has 1 aliphatic heterocycles. The fraction of sp³-hybridized carbons (Fsp3) is 0.421. The Kier molecular flexibility index (Phi) is 4.40. The number of carboxylic acids is 1. The van der Waals surface area contributed by atoms with E-state index in [0.717, 1.165) is 29.2 Å². The highest BCUT2D eigenvalue weighted by Gasteiger charge is 2.47. The van der Waals surface area contributed by atoms with Gasteiger partial charge in [-0.3, -0.25) is 9.59 Å². The van der Waals surface area contributed by atoms with Gasteiger partial charge in [0, 0.05) is 18.7 Å². The van der Waals surface area contributed by atoms with Gasteiger partial charge in [-0.1, -0.05) is 0 Å². The number of amides is 1. The minimum Gasteiger partial charge on any atom is -0.497 e. The third-order valence-corrected chi connectivity index (χ3v) is 6.28. The van der Waals surface area contributed by atoms with Crippen LogP contribution in [0.3, 0.4) is 0 Å². The Bertz CT molecular complexity index is 828. The van der Waals surface area contributed by atoms with E-state index in [9.17, 15) is 14.7 Å². The Labute approximate surface area is 155 Å². The number of methoxy groups -OCH3 is 1. The molecule has 2 aromatic rings. The number of ether oxygens (including phenoxy) is 1. The Hall–Kier alpha value is -2.41. The zero-order chi connectivity index (χ0) is 18.3. The van der Waals surface area contributed by atoms with Crippen molar-refractivity contribution in [2.45, 2.75) is 12.8 Å². The van der Waals surface area contributed by atoms with Crippen LogP contribution in [0.5, 0.6) is 5.75 Å². The van der Waals surface area contributed by atoms with E-state index >= 15 is 0 Å². The molecule has 0 spiro atoms. The molecule has 0 radical (unpaired) electrons. The van der Waals surface area contributed by atoms with Crippen LogP contribution in [0.2, 0.25) is 0 Å². The van der Waals surface area contributed by atoms with Crippen molar-refractivity contribution in [2.24, 2.45) is 17.8 Å². The second kappa shape index (κ2) is 6.72. The van der Waals surface area contributed by atoms with Gasteiger partial charge in [0.2, 0.25) is 0 Å². The first-order valence-corrected chi connectivity index (χ1v) is 9.51. The zero-order valence-electron chi connectivity index (χ0n) is 14.4. The number of hydrogen-bond donors (Lipinski definition) is 1. The zero-order valence-corrected chi connectivity index (χ0v) is 15.2. The van der Waals surface area contributed by atoms with Crippen LogP contribution in [-0.4, -0.2) is 47.1 Å². The Morgan fingerprint density at radius 2 is 1.96 bits per heavy atom. The van der Waals surface area contributed by atoms with Crippen LogP contribution < -0.4 is 4.74 Å². The summed E-state index contributed by atoms with van der Waals surface area (Å²) in [5.74, 6) is -0.0299. The standard InChI is InChI=1S/C19H20N2O4S/c1-25-13-6-4-12(5-7-13)17-20-8-16(26-17)18(22)21-9-14(11-2-3-11)15(10-21)19(23)24/h4-8,11,14-15H,2-3,9-10H2,1H3,(H,23,24)/t14-,15+/m1/s1. The molecule has 1 saturated heterocycles. The molecule has 1 saturated carbocycles. The summed E-state index contributed by atoms with van der Waals surface area (Å²) in [5.41, 5.74) is 0.926. The Morgan fingerprint density at radius 1 is 1.23 bits per heavy atom. The van der Waals surface area contributed by atoms with Gasteiger partial charge in [-0.15, -0.1) is 11.3 Å². The van der Waals surface area contributed by atoms with Gasteiger partial charge in [0.15, 0.2) is 0 Å². The number of carboxylic acid groups (broad SMARTS) is 1. The molecule has 0 bridgehead atoms. The van der Waals surface area contributed by atoms with E-state index < -0.39 is 11.9 Å². The maximum absolute atomic E-state index is 12.8. The number of carbonyl (C=O) groups is 2. The molecule has 136 valence electrons. The van der Waals surface area contributed by atoms with Crippen LogP contribution in [0.25, 0.3) is 10.6 Å². The van der Waals surface area contributed by atoms with E-state index in [1.165, 1.54) is 11.3 Å². The van der Waals surface area contributed by atoms with E-state index in [1.807, 2.05) is 24.3 Å². The smallest absolute Gasteiger partial charge is 0.308 e. The van der Waals surface area contributed by atoms with Gasteiger partial charge in [-0.25, -0.2) is 4.98 Å². The first kappa shape index (κ1) is 17.0. The molecule has 2 heterocycles.